The molecule has 0 radical (unpaired) electrons. The molecule has 2 heterocycles. The highest BCUT2D eigenvalue weighted by atomic mass is 15.1. The summed E-state index contributed by atoms with van der Waals surface area (Å²) >= 11 is 0. The first-order valence-corrected chi connectivity index (χ1v) is 4.70. The number of fused-ring (bicyclic) bond motifs is 1. The van der Waals surface area contributed by atoms with Crippen LogP contribution in [0.4, 0.5) is 5.82 Å². The van der Waals surface area contributed by atoms with Gasteiger partial charge < -0.3 is 5.73 Å². The molecule has 0 saturated carbocycles. The lowest BCUT2D eigenvalue weighted by molar-refractivity contribution is 0.836. The lowest BCUT2D eigenvalue weighted by Gasteiger charge is -2.02. The van der Waals surface area contributed by atoms with Gasteiger partial charge in [0.1, 0.15) is 17.2 Å². The summed E-state index contributed by atoms with van der Waals surface area (Å²) in [6.45, 7) is 6.18. The third kappa shape index (κ3) is 1.14. The van der Waals surface area contributed by atoms with Crippen LogP contribution in [0.25, 0.3) is 5.52 Å². The van der Waals surface area contributed by atoms with Gasteiger partial charge in [0.2, 0.25) is 0 Å². The molecule has 0 saturated heterocycles. The van der Waals surface area contributed by atoms with E-state index in [0.29, 0.717) is 11.7 Å². The molecule has 14 heavy (non-hydrogen) atoms. The maximum Gasteiger partial charge on any atom is 0.149 e. The highest BCUT2D eigenvalue weighted by Gasteiger charge is 2.13. The van der Waals surface area contributed by atoms with E-state index in [-0.39, 0.29) is 0 Å². The lowest BCUT2D eigenvalue weighted by atomic mass is 10.1. The van der Waals surface area contributed by atoms with Crippen LogP contribution in [0.3, 0.4) is 0 Å². The lowest BCUT2D eigenvalue weighted by Crippen LogP contribution is -1.98. The maximum absolute atomic E-state index is 5.84. The molecular formula is C10H14N4. The smallest absolute Gasteiger partial charge is 0.149 e. The number of anilines is 1. The molecule has 74 valence electrons. The summed E-state index contributed by atoms with van der Waals surface area (Å²) in [6, 6.07) is 0. The zero-order valence-corrected chi connectivity index (χ0v) is 8.65. The van der Waals surface area contributed by atoms with E-state index in [4.69, 9.17) is 5.73 Å². The molecule has 0 spiro atoms. The molecule has 0 aliphatic heterocycles. The van der Waals surface area contributed by atoms with Crippen LogP contribution in [0, 0.1) is 6.92 Å². The number of hydrogen-bond acceptors (Lipinski definition) is 3. The van der Waals surface area contributed by atoms with Gasteiger partial charge in [0.15, 0.2) is 0 Å². The van der Waals surface area contributed by atoms with Crippen molar-refractivity contribution in [3.8, 4) is 0 Å². The summed E-state index contributed by atoms with van der Waals surface area (Å²) in [6.07, 6.45) is 3.58. The molecule has 0 fully saturated rings. The molecule has 2 N–H and O–H groups in total. The van der Waals surface area contributed by atoms with E-state index in [2.05, 4.69) is 23.8 Å². The van der Waals surface area contributed by atoms with Gasteiger partial charge in [0.25, 0.3) is 0 Å². The molecule has 4 nitrogen and oxygen atoms in total. The Hall–Kier alpha value is -1.58. The quantitative estimate of drug-likeness (QED) is 0.745. The molecule has 2 aromatic rings. The van der Waals surface area contributed by atoms with E-state index >= 15 is 0 Å². The molecule has 2 aromatic heterocycles. The van der Waals surface area contributed by atoms with Crippen LogP contribution in [0.15, 0.2) is 12.4 Å². The third-order valence-electron chi connectivity index (χ3n) is 2.33. The van der Waals surface area contributed by atoms with Gasteiger partial charge in [-0.15, -0.1) is 0 Å². The minimum atomic E-state index is 0.366. The van der Waals surface area contributed by atoms with Crippen molar-refractivity contribution in [2.45, 2.75) is 26.7 Å². The van der Waals surface area contributed by atoms with E-state index in [9.17, 15) is 0 Å². The largest absolute Gasteiger partial charge is 0.382 e. The van der Waals surface area contributed by atoms with E-state index in [1.54, 1.807) is 6.20 Å². The van der Waals surface area contributed by atoms with E-state index in [1.165, 1.54) is 0 Å². The zero-order valence-electron chi connectivity index (χ0n) is 8.65. The average Bonchev–Trinajstić information content (AvgIpc) is 2.46. The summed E-state index contributed by atoms with van der Waals surface area (Å²) in [5, 5.41) is 0. The van der Waals surface area contributed by atoms with Crippen molar-refractivity contribution in [2.24, 2.45) is 0 Å². The predicted molar refractivity (Wildman–Crippen MR) is 56.2 cm³/mol. The van der Waals surface area contributed by atoms with Gasteiger partial charge in [-0.1, -0.05) is 13.8 Å². The number of rotatable bonds is 1. The fraction of sp³-hybridized carbons (Fsp3) is 0.400. The monoisotopic (exact) mass is 190 g/mol. The minimum Gasteiger partial charge on any atom is -0.382 e. The summed E-state index contributed by atoms with van der Waals surface area (Å²) < 4.78 is 1.98. The molecule has 0 aliphatic rings. The van der Waals surface area contributed by atoms with E-state index in [1.807, 2.05) is 17.5 Å². The molecule has 0 bridgehead atoms. The second-order valence-electron chi connectivity index (χ2n) is 3.73. The fourth-order valence-corrected chi connectivity index (χ4v) is 1.65. The first-order chi connectivity index (χ1) is 6.61. The van der Waals surface area contributed by atoms with Crippen LogP contribution >= 0.6 is 0 Å². The minimum absolute atomic E-state index is 0.366. The van der Waals surface area contributed by atoms with Crippen LogP contribution in [0.1, 0.15) is 31.3 Å². The van der Waals surface area contributed by atoms with Gasteiger partial charge in [-0.25, -0.2) is 9.97 Å². The van der Waals surface area contributed by atoms with Crippen molar-refractivity contribution in [3.63, 3.8) is 0 Å². The molecule has 0 atom stereocenters. The summed E-state index contributed by atoms with van der Waals surface area (Å²) in [7, 11) is 0. The molecule has 0 amide bonds. The number of hydrogen-bond donors (Lipinski definition) is 1. The third-order valence-corrected chi connectivity index (χ3v) is 2.33. The van der Waals surface area contributed by atoms with Gasteiger partial charge in [-0.3, -0.25) is 4.40 Å². The molecule has 4 heteroatoms. The Balaban J connectivity index is 2.86. The fourth-order valence-electron chi connectivity index (χ4n) is 1.65. The van der Waals surface area contributed by atoms with Gasteiger partial charge in [-0.2, -0.15) is 0 Å². The Labute approximate surface area is 82.8 Å². The van der Waals surface area contributed by atoms with Gasteiger partial charge in [-0.05, 0) is 12.8 Å². The SMILES string of the molecule is Cc1nc(C(C)C)c2c(N)nccn12. The molecule has 0 aliphatic carbocycles. The van der Waals surface area contributed by atoms with Crippen LogP contribution < -0.4 is 5.73 Å². The Morgan fingerprint density at radius 3 is 2.79 bits per heavy atom. The highest BCUT2D eigenvalue weighted by molar-refractivity contribution is 5.69. The summed E-state index contributed by atoms with van der Waals surface area (Å²) in [5.74, 6) is 1.87. The second kappa shape index (κ2) is 2.97. The molecule has 2 rings (SSSR count). The van der Waals surface area contributed by atoms with Crippen LogP contribution in [0.2, 0.25) is 0 Å². The van der Waals surface area contributed by atoms with Crippen molar-refractivity contribution in [1.29, 1.82) is 0 Å². The van der Waals surface area contributed by atoms with Crippen molar-refractivity contribution in [1.82, 2.24) is 14.4 Å². The standard InChI is InChI=1S/C10H14N4/c1-6(2)8-9-10(11)12-4-5-14(9)7(3)13-8/h4-6H,1-3H3,(H2,11,12). The van der Waals surface area contributed by atoms with Crippen LogP contribution in [0.5, 0.6) is 0 Å². The highest BCUT2D eigenvalue weighted by Crippen LogP contribution is 2.23. The Bertz CT molecular complexity index is 470. The van der Waals surface area contributed by atoms with E-state index < -0.39 is 0 Å². The van der Waals surface area contributed by atoms with Gasteiger partial charge >= 0.3 is 0 Å². The number of nitrogens with two attached hydrogens (primary N) is 1. The second-order valence-corrected chi connectivity index (χ2v) is 3.73. The molecular weight excluding hydrogens is 176 g/mol. The van der Waals surface area contributed by atoms with Crippen LogP contribution in [-0.2, 0) is 0 Å². The van der Waals surface area contributed by atoms with Crippen molar-refractivity contribution in [2.75, 3.05) is 5.73 Å². The Kier molecular flexibility index (Phi) is 1.91. The average molecular weight is 190 g/mol. The first kappa shape index (κ1) is 8.99. The zero-order chi connectivity index (χ0) is 10.3. The number of nitrogens with zero attached hydrogens (tertiary/aromatic N) is 3. The van der Waals surface area contributed by atoms with Gasteiger partial charge in [0, 0.05) is 12.4 Å². The molecule has 0 aromatic carbocycles. The number of aromatic nitrogens is 3. The maximum atomic E-state index is 5.84. The van der Waals surface area contributed by atoms with Crippen molar-refractivity contribution >= 4 is 11.3 Å². The Morgan fingerprint density at radius 1 is 1.43 bits per heavy atom. The van der Waals surface area contributed by atoms with E-state index in [0.717, 1.165) is 17.0 Å². The first-order valence-electron chi connectivity index (χ1n) is 4.70. The normalized spacial score (nSPS) is 11.4. The number of nitrogen functional groups attached to an aromatic ring is 1. The van der Waals surface area contributed by atoms with Gasteiger partial charge in [0.05, 0.1) is 5.69 Å². The number of aryl methyl sites for hydroxylation is 1. The summed E-state index contributed by atoms with van der Waals surface area (Å²) in [4.78, 5) is 8.57. The Morgan fingerprint density at radius 2 is 2.14 bits per heavy atom. The summed E-state index contributed by atoms with van der Waals surface area (Å²) in [5.41, 5.74) is 7.80. The molecule has 0 unspecified atom stereocenters. The van der Waals surface area contributed by atoms with Crippen molar-refractivity contribution in [3.05, 3.63) is 23.9 Å². The van der Waals surface area contributed by atoms with Crippen LogP contribution in [-0.4, -0.2) is 14.4 Å². The topological polar surface area (TPSA) is 56.2 Å². The number of imidazole rings is 1. The predicted octanol–water partition coefficient (Wildman–Crippen LogP) is 1.74. The van der Waals surface area contributed by atoms with Crippen molar-refractivity contribution < 1.29 is 0 Å².